The maximum Gasteiger partial charge on any atom is 0.245 e. The lowest BCUT2D eigenvalue weighted by Crippen LogP contribution is -2.60. The van der Waals surface area contributed by atoms with E-state index in [2.05, 4.69) is 18.5 Å². The van der Waals surface area contributed by atoms with Crippen molar-refractivity contribution in [2.75, 3.05) is 25.1 Å². The number of hydrogen-bond acceptors (Lipinski definition) is 3. The molecule has 2 atom stereocenters. The Morgan fingerprint density at radius 2 is 2.00 bits per heavy atom. The molecule has 0 aromatic rings. The molecule has 0 aromatic carbocycles. The molecule has 2 unspecified atom stereocenters. The molecule has 0 aliphatic carbocycles. The zero-order valence-corrected chi connectivity index (χ0v) is 13.8. The third-order valence-corrected chi connectivity index (χ3v) is 4.67. The number of thioether (sulfide) groups is 1. The maximum atomic E-state index is 12.3. The monoisotopic (exact) mass is 300 g/mol. The van der Waals surface area contributed by atoms with Crippen LogP contribution < -0.4 is 5.32 Å². The van der Waals surface area contributed by atoms with Crippen molar-refractivity contribution in [2.24, 2.45) is 5.92 Å². The standard InChI is InChI=1S/C15H28N2O2S/c1-4-12(2)14-15(19)17(11-13(18)16-14)9-7-5-6-8-10-20-3/h12,14H,4-11H2,1-3H3,(H,16,18). The first-order chi connectivity index (χ1) is 9.60. The number of carbonyl (C=O) groups is 2. The number of piperazine rings is 1. The molecule has 1 heterocycles. The number of carbonyl (C=O) groups excluding carboxylic acids is 2. The number of rotatable bonds is 9. The van der Waals surface area contributed by atoms with Crippen LogP contribution in [0.4, 0.5) is 0 Å². The van der Waals surface area contributed by atoms with E-state index >= 15 is 0 Å². The highest BCUT2D eigenvalue weighted by atomic mass is 32.2. The third-order valence-electron chi connectivity index (χ3n) is 3.97. The van der Waals surface area contributed by atoms with Gasteiger partial charge in [-0.25, -0.2) is 0 Å². The second-order valence-corrected chi connectivity index (χ2v) is 6.58. The van der Waals surface area contributed by atoms with E-state index in [9.17, 15) is 9.59 Å². The fourth-order valence-electron chi connectivity index (χ4n) is 2.44. The minimum absolute atomic E-state index is 0.0164. The Hall–Kier alpha value is -0.710. The van der Waals surface area contributed by atoms with Gasteiger partial charge in [-0.3, -0.25) is 9.59 Å². The molecule has 4 nitrogen and oxygen atoms in total. The van der Waals surface area contributed by atoms with Crippen molar-refractivity contribution in [2.45, 2.75) is 52.0 Å². The topological polar surface area (TPSA) is 49.4 Å². The SMILES string of the molecule is CCC(C)C1NC(=O)CN(CCCCCCSC)C1=O. The molecule has 1 rings (SSSR count). The van der Waals surface area contributed by atoms with E-state index in [0.717, 1.165) is 25.8 Å². The normalized spacial score (nSPS) is 20.9. The van der Waals surface area contributed by atoms with Crippen LogP contribution in [0.5, 0.6) is 0 Å². The van der Waals surface area contributed by atoms with E-state index in [1.807, 2.05) is 18.7 Å². The van der Waals surface area contributed by atoms with Gasteiger partial charge in [-0.1, -0.05) is 33.1 Å². The Labute approximate surface area is 127 Å². The van der Waals surface area contributed by atoms with Crippen molar-refractivity contribution in [3.05, 3.63) is 0 Å². The summed E-state index contributed by atoms with van der Waals surface area (Å²) >= 11 is 1.88. The van der Waals surface area contributed by atoms with Gasteiger partial charge in [0.1, 0.15) is 6.04 Å². The summed E-state index contributed by atoms with van der Waals surface area (Å²) in [7, 11) is 0. The fourth-order valence-corrected chi connectivity index (χ4v) is 2.93. The molecule has 20 heavy (non-hydrogen) atoms. The average molecular weight is 300 g/mol. The first-order valence-electron chi connectivity index (χ1n) is 7.67. The highest BCUT2D eigenvalue weighted by molar-refractivity contribution is 7.98. The first-order valence-corrected chi connectivity index (χ1v) is 9.06. The van der Waals surface area contributed by atoms with E-state index in [1.54, 1.807) is 4.90 Å². The van der Waals surface area contributed by atoms with Crippen LogP contribution in [-0.2, 0) is 9.59 Å². The molecule has 0 spiro atoms. The lowest BCUT2D eigenvalue weighted by Gasteiger charge is -2.35. The van der Waals surface area contributed by atoms with Crippen LogP contribution >= 0.6 is 11.8 Å². The summed E-state index contributed by atoms with van der Waals surface area (Å²) in [4.78, 5) is 25.8. The predicted molar refractivity (Wildman–Crippen MR) is 84.8 cm³/mol. The molecule has 0 radical (unpaired) electrons. The van der Waals surface area contributed by atoms with E-state index in [-0.39, 0.29) is 30.3 Å². The van der Waals surface area contributed by atoms with Gasteiger partial charge in [0.25, 0.3) is 0 Å². The van der Waals surface area contributed by atoms with Crippen molar-refractivity contribution in [3.8, 4) is 0 Å². The lowest BCUT2D eigenvalue weighted by atomic mass is 9.96. The number of nitrogens with one attached hydrogen (secondary N) is 1. The summed E-state index contributed by atoms with van der Waals surface area (Å²) < 4.78 is 0. The summed E-state index contributed by atoms with van der Waals surface area (Å²) in [5.74, 6) is 1.50. The van der Waals surface area contributed by atoms with Gasteiger partial charge < -0.3 is 10.2 Å². The van der Waals surface area contributed by atoms with Crippen LogP contribution in [0.3, 0.4) is 0 Å². The number of unbranched alkanes of at least 4 members (excludes halogenated alkanes) is 3. The quantitative estimate of drug-likeness (QED) is 0.665. The van der Waals surface area contributed by atoms with E-state index in [0.29, 0.717) is 0 Å². The Balaban J connectivity index is 2.36. The van der Waals surface area contributed by atoms with Crippen LogP contribution in [0, 0.1) is 5.92 Å². The Bertz CT molecular complexity index is 323. The lowest BCUT2D eigenvalue weighted by molar-refractivity contribution is -0.145. The first kappa shape index (κ1) is 17.3. The molecular weight excluding hydrogens is 272 g/mol. The van der Waals surface area contributed by atoms with Gasteiger partial charge in [0.2, 0.25) is 11.8 Å². The van der Waals surface area contributed by atoms with Crippen molar-refractivity contribution in [1.82, 2.24) is 10.2 Å². The molecule has 5 heteroatoms. The second kappa shape index (κ2) is 9.27. The van der Waals surface area contributed by atoms with Gasteiger partial charge in [0, 0.05) is 6.54 Å². The molecule has 1 fully saturated rings. The van der Waals surface area contributed by atoms with Crippen molar-refractivity contribution in [1.29, 1.82) is 0 Å². The number of nitrogens with zero attached hydrogens (tertiary/aromatic N) is 1. The van der Waals surface area contributed by atoms with Crippen LogP contribution in [0.25, 0.3) is 0 Å². The summed E-state index contributed by atoms with van der Waals surface area (Å²) in [6, 6.07) is -0.322. The molecule has 1 saturated heterocycles. The minimum atomic E-state index is -0.322. The second-order valence-electron chi connectivity index (χ2n) is 5.60. The highest BCUT2D eigenvalue weighted by Crippen LogP contribution is 2.15. The molecular formula is C15H28N2O2S. The molecule has 2 amide bonds. The zero-order valence-electron chi connectivity index (χ0n) is 13.0. The van der Waals surface area contributed by atoms with E-state index < -0.39 is 0 Å². The predicted octanol–water partition coefficient (Wildman–Crippen LogP) is 2.28. The average Bonchev–Trinajstić information content (AvgIpc) is 2.44. The van der Waals surface area contributed by atoms with Crippen LogP contribution in [0.15, 0.2) is 0 Å². The largest absolute Gasteiger partial charge is 0.342 e. The van der Waals surface area contributed by atoms with Gasteiger partial charge in [-0.05, 0) is 30.8 Å². The van der Waals surface area contributed by atoms with Crippen molar-refractivity contribution >= 4 is 23.6 Å². The molecule has 0 aromatic heterocycles. The van der Waals surface area contributed by atoms with Gasteiger partial charge in [0.05, 0.1) is 6.54 Å². The molecule has 1 N–H and O–H groups in total. The van der Waals surface area contributed by atoms with Gasteiger partial charge in [0.15, 0.2) is 0 Å². The Morgan fingerprint density at radius 3 is 2.65 bits per heavy atom. The summed E-state index contributed by atoms with van der Waals surface area (Å²) in [6.45, 7) is 5.03. The van der Waals surface area contributed by atoms with Crippen LogP contribution in [0.1, 0.15) is 46.0 Å². The third kappa shape index (κ3) is 5.35. The molecule has 116 valence electrons. The summed E-state index contributed by atoms with van der Waals surface area (Å²) in [6.07, 6.45) is 7.62. The smallest absolute Gasteiger partial charge is 0.245 e. The van der Waals surface area contributed by atoms with Crippen LogP contribution in [0.2, 0.25) is 0 Å². The van der Waals surface area contributed by atoms with Crippen molar-refractivity contribution in [3.63, 3.8) is 0 Å². The molecule has 1 aliphatic heterocycles. The van der Waals surface area contributed by atoms with E-state index in [1.165, 1.54) is 18.6 Å². The summed E-state index contributed by atoms with van der Waals surface area (Å²) in [5.41, 5.74) is 0. The molecule has 0 bridgehead atoms. The van der Waals surface area contributed by atoms with Crippen molar-refractivity contribution < 1.29 is 9.59 Å². The fraction of sp³-hybridized carbons (Fsp3) is 0.867. The maximum absolute atomic E-state index is 12.3. The van der Waals surface area contributed by atoms with Gasteiger partial charge in [-0.2, -0.15) is 11.8 Å². The van der Waals surface area contributed by atoms with E-state index in [4.69, 9.17) is 0 Å². The number of hydrogen-bond donors (Lipinski definition) is 1. The Kier molecular flexibility index (Phi) is 8.04. The zero-order chi connectivity index (χ0) is 15.0. The van der Waals surface area contributed by atoms with Gasteiger partial charge in [-0.15, -0.1) is 0 Å². The summed E-state index contributed by atoms with van der Waals surface area (Å²) in [5, 5.41) is 2.83. The van der Waals surface area contributed by atoms with Crippen LogP contribution in [-0.4, -0.2) is 47.9 Å². The van der Waals surface area contributed by atoms with Gasteiger partial charge >= 0.3 is 0 Å². The minimum Gasteiger partial charge on any atom is -0.342 e. The molecule has 1 aliphatic rings. The Morgan fingerprint density at radius 1 is 1.30 bits per heavy atom. The highest BCUT2D eigenvalue weighted by Gasteiger charge is 2.34. The molecule has 0 saturated carbocycles. The number of amides is 2.